The van der Waals surface area contributed by atoms with Gasteiger partial charge < -0.3 is 31.5 Å². The molecular weight excluding hydrogens is 432 g/mol. The maximum atomic E-state index is 11.3. The summed E-state index contributed by atoms with van der Waals surface area (Å²) < 4.78 is 0. The summed E-state index contributed by atoms with van der Waals surface area (Å²) >= 11 is 0. The minimum absolute atomic E-state index is 0.0121. The average molecular weight is 459 g/mol. The fourth-order valence-corrected chi connectivity index (χ4v) is 3.45. The predicted molar refractivity (Wildman–Crippen MR) is 135 cm³/mol. The Hall–Kier alpha value is -4.65. The number of carboxylic acid groups (broad SMARTS) is 1. The van der Waals surface area contributed by atoms with Gasteiger partial charge in [-0.3, -0.25) is 0 Å². The summed E-state index contributed by atoms with van der Waals surface area (Å²) in [5.41, 5.74) is 8.91. The van der Waals surface area contributed by atoms with Crippen LogP contribution in [-0.4, -0.2) is 32.4 Å². The lowest BCUT2D eigenvalue weighted by atomic mass is 9.98. The molecule has 0 spiro atoms. The first-order valence-corrected chi connectivity index (χ1v) is 10.5. The van der Waals surface area contributed by atoms with Gasteiger partial charge in [-0.15, -0.1) is 0 Å². The van der Waals surface area contributed by atoms with Crippen LogP contribution in [0, 0.1) is 0 Å². The first kappa shape index (κ1) is 24.0. The van der Waals surface area contributed by atoms with Crippen molar-refractivity contribution in [2.75, 3.05) is 11.1 Å². The zero-order chi connectivity index (χ0) is 24.7. The van der Waals surface area contributed by atoms with Gasteiger partial charge in [-0.05, 0) is 60.0 Å². The summed E-state index contributed by atoms with van der Waals surface area (Å²) in [7, 11) is 0. The Balaban J connectivity index is 0.000000271. The standard InChI is InChI=1S/C19H17NO4.C8H9NO/c21-14-5-3-4-12(10-14)13-8-9-17(18(22)11-13)20-16-7-2-1-6-15(16)19(23)24;1-6(10)7-4-2-3-5-8(7)9/h1-6,8-11,16,20-22H,7H2,(H,23,24);2-5,10H,1,9H2. The highest BCUT2D eigenvalue weighted by Crippen LogP contribution is 2.32. The lowest BCUT2D eigenvalue weighted by molar-refractivity contribution is -0.132. The number of aliphatic hydroxyl groups excluding tert-OH is 1. The van der Waals surface area contributed by atoms with Gasteiger partial charge >= 0.3 is 5.97 Å². The van der Waals surface area contributed by atoms with Crippen LogP contribution in [-0.2, 0) is 4.79 Å². The summed E-state index contributed by atoms with van der Waals surface area (Å²) in [6.07, 6.45) is 5.68. The van der Waals surface area contributed by atoms with Gasteiger partial charge in [0.05, 0.1) is 17.3 Å². The third-order valence-corrected chi connectivity index (χ3v) is 5.18. The van der Waals surface area contributed by atoms with E-state index in [9.17, 15) is 20.1 Å². The summed E-state index contributed by atoms with van der Waals surface area (Å²) in [5.74, 6) is -0.791. The second-order valence-electron chi connectivity index (χ2n) is 7.60. The molecule has 1 aliphatic rings. The molecule has 4 rings (SSSR count). The number of aliphatic carboxylic acids is 1. The van der Waals surface area contributed by atoms with Crippen molar-refractivity contribution in [3.63, 3.8) is 0 Å². The molecule has 0 heterocycles. The molecule has 3 aromatic carbocycles. The van der Waals surface area contributed by atoms with Crippen LogP contribution in [0.15, 0.2) is 97.1 Å². The highest BCUT2D eigenvalue weighted by atomic mass is 16.4. The van der Waals surface area contributed by atoms with Crippen molar-refractivity contribution in [2.24, 2.45) is 0 Å². The number of rotatable bonds is 5. The van der Waals surface area contributed by atoms with Crippen molar-refractivity contribution < 1.29 is 25.2 Å². The molecule has 3 aromatic rings. The van der Waals surface area contributed by atoms with Crippen molar-refractivity contribution in [1.82, 2.24) is 0 Å². The van der Waals surface area contributed by atoms with Crippen molar-refractivity contribution in [3.05, 3.63) is 103 Å². The molecule has 0 saturated carbocycles. The predicted octanol–water partition coefficient (Wildman–Crippen LogP) is 5.31. The molecule has 0 aliphatic heterocycles. The van der Waals surface area contributed by atoms with Gasteiger partial charge in [-0.1, -0.05) is 49.1 Å². The fraction of sp³-hybridized carbons (Fsp3) is 0.0741. The van der Waals surface area contributed by atoms with E-state index in [0.29, 0.717) is 23.4 Å². The molecule has 1 atom stereocenters. The van der Waals surface area contributed by atoms with Crippen molar-refractivity contribution in [3.8, 4) is 22.6 Å². The Bertz CT molecular complexity index is 1260. The quantitative estimate of drug-likeness (QED) is 0.173. The molecule has 7 N–H and O–H groups in total. The molecule has 0 radical (unpaired) electrons. The summed E-state index contributed by atoms with van der Waals surface area (Å²) in [5, 5.41) is 41.1. The van der Waals surface area contributed by atoms with Crippen molar-refractivity contribution in [2.45, 2.75) is 12.5 Å². The molecular formula is C27H26N2O5. The third-order valence-electron chi connectivity index (χ3n) is 5.18. The van der Waals surface area contributed by atoms with E-state index in [1.54, 1.807) is 66.7 Å². The summed E-state index contributed by atoms with van der Waals surface area (Å²) in [4.78, 5) is 11.3. The van der Waals surface area contributed by atoms with Crippen LogP contribution in [0.2, 0.25) is 0 Å². The molecule has 0 saturated heterocycles. The van der Waals surface area contributed by atoms with E-state index >= 15 is 0 Å². The van der Waals surface area contributed by atoms with Gasteiger partial charge in [0.25, 0.3) is 0 Å². The highest BCUT2D eigenvalue weighted by Gasteiger charge is 2.21. The lowest BCUT2D eigenvalue weighted by Crippen LogP contribution is -2.27. The SMILES string of the molecule is C=C(O)c1ccccc1N.O=C(O)C1=CC=CCC1Nc1ccc(-c2cccc(O)c2)cc1O. The number of anilines is 2. The Morgan fingerprint density at radius 3 is 2.32 bits per heavy atom. The lowest BCUT2D eigenvalue weighted by Gasteiger charge is -2.22. The van der Waals surface area contributed by atoms with E-state index in [1.165, 1.54) is 0 Å². The number of benzene rings is 3. The number of allylic oxidation sites excluding steroid dienone is 2. The molecule has 7 nitrogen and oxygen atoms in total. The number of aliphatic hydroxyl groups is 1. The van der Waals surface area contributed by atoms with Gasteiger partial charge in [-0.25, -0.2) is 4.79 Å². The number of phenols is 2. The Morgan fingerprint density at radius 2 is 1.71 bits per heavy atom. The topological polar surface area (TPSA) is 136 Å². The van der Waals surface area contributed by atoms with Crippen LogP contribution < -0.4 is 11.1 Å². The van der Waals surface area contributed by atoms with E-state index in [4.69, 9.17) is 10.8 Å². The molecule has 34 heavy (non-hydrogen) atoms. The normalized spacial score (nSPS) is 14.4. The van der Waals surface area contributed by atoms with Crippen LogP contribution >= 0.6 is 0 Å². The second kappa shape index (κ2) is 10.8. The van der Waals surface area contributed by atoms with E-state index in [1.807, 2.05) is 18.2 Å². The number of phenolic OH excluding ortho intramolecular Hbond substituents is 2. The third kappa shape index (κ3) is 5.98. The number of nitrogens with two attached hydrogens (primary N) is 1. The number of nitrogen functional groups attached to an aromatic ring is 1. The molecule has 0 aromatic heterocycles. The smallest absolute Gasteiger partial charge is 0.333 e. The first-order valence-electron chi connectivity index (χ1n) is 10.5. The maximum Gasteiger partial charge on any atom is 0.333 e. The molecule has 1 aliphatic carbocycles. The van der Waals surface area contributed by atoms with Crippen LogP contribution in [0.4, 0.5) is 11.4 Å². The molecule has 7 heteroatoms. The number of hydrogen-bond acceptors (Lipinski definition) is 6. The molecule has 0 fully saturated rings. The van der Waals surface area contributed by atoms with Crippen LogP contribution in [0.25, 0.3) is 16.9 Å². The number of nitrogens with one attached hydrogen (secondary N) is 1. The minimum atomic E-state index is -0.979. The van der Waals surface area contributed by atoms with Gasteiger partial charge in [0.1, 0.15) is 17.3 Å². The molecule has 174 valence electrons. The number of hydrogen-bond donors (Lipinski definition) is 6. The van der Waals surface area contributed by atoms with Gasteiger partial charge in [0.15, 0.2) is 0 Å². The zero-order valence-corrected chi connectivity index (χ0v) is 18.3. The molecule has 0 amide bonds. The van der Waals surface area contributed by atoms with Gasteiger partial charge in [0.2, 0.25) is 0 Å². The second-order valence-corrected chi connectivity index (χ2v) is 7.60. The zero-order valence-electron chi connectivity index (χ0n) is 18.3. The number of carbonyl (C=O) groups is 1. The largest absolute Gasteiger partial charge is 0.508 e. The maximum absolute atomic E-state index is 11.3. The Kier molecular flexibility index (Phi) is 7.61. The fourth-order valence-electron chi connectivity index (χ4n) is 3.45. The summed E-state index contributed by atoms with van der Waals surface area (Å²) in [6.45, 7) is 3.36. The number of para-hydroxylation sites is 1. The number of carboxylic acids is 1. The highest BCUT2D eigenvalue weighted by molar-refractivity contribution is 5.89. The first-order chi connectivity index (χ1) is 16.3. The Morgan fingerprint density at radius 1 is 0.971 bits per heavy atom. The monoisotopic (exact) mass is 458 g/mol. The average Bonchev–Trinajstić information content (AvgIpc) is 2.81. The van der Waals surface area contributed by atoms with Crippen LogP contribution in [0.3, 0.4) is 0 Å². The molecule has 1 unspecified atom stereocenters. The van der Waals surface area contributed by atoms with Gasteiger partial charge in [-0.2, -0.15) is 0 Å². The number of aromatic hydroxyl groups is 2. The van der Waals surface area contributed by atoms with E-state index in [-0.39, 0.29) is 22.8 Å². The Labute approximate surface area is 197 Å². The van der Waals surface area contributed by atoms with Crippen molar-refractivity contribution in [1.29, 1.82) is 0 Å². The van der Waals surface area contributed by atoms with E-state index in [2.05, 4.69) is 11.9 Å². The van der Waals surface area contributed by atoms with Crippen molar-refractivity contribution >= 4 is 23.1 Å². The van der Waals surface area contributed by atoms with E-state index in [0.717, 1.165) is 11.1 Å². The van der Waals surface area contributed by atoms with Gasteiger partial charge in [0, 0.05) is 11.3 Å². The van der Waals surface area contributed by atoms with Crippen LogP contribution in [0.5, 0.6) is 11.5 Å². The van der Waals surface area contributed by atoms with E-state index < -0.39 is 12.0 Å². The molecule has 0 bridgehead atoms. The summed E-state index contributed by atoms with van der Waals surface area (Å²) in [6, 6.07) is 18.5. The van der Waals surface area contributed by atoms with Crippen LogP contribution in [0.1, 0.15) is 12.0 Å². The minimum Gasteiger partial charge on any atom is -0.508 e.